The number of hydrogen-bond acceptors (Lipinski definition) is 6. The van der Waals surface area contributed by atoms with Crippen LogP contribution in [0.2, 0.25) is 0 Å². The predicted molar refractivity (Wildman–Crippen MR) is 316 cm³/mol. The highest BCUT2D eigenvalue weighted by atomic mass is 16.6. The lowest BCUT2D eigenvalue weighted by Gasteiger charge is -2.18. The van der Waals surface area contributed by atoms with Crippen LogP contribution in [0.5, 0.6) is 0 Å². The van der Waals surface area contributed by atoms with Crippen molar-refractivity contribution < 1.29 is 28.6 Å². The molecule has 0 aliphatic heterocycles. The molecule has 6 heteroatoms. The van der Waals surface area contributed by atoms with Crippen molar-refractivity contribution in [1.82, 2.24) is 0 Å². The van der Waals surface area contributed by atoms with Crippen molar-refractivity contribution >= 4 is 17.9 Å². The number of allylic oxidation sites excluding steroid dienone is 6. The van der Waals surface area contributed by atoms with Gasteiger partial charge in [-0.3, -0.25) is 14.4 Å². The van der Waals surface area contributed by atoms with E-state index in [1.807, 2.05) is 0 Å². The number of rotatable bonds is 60. The third kappa shape index (κ3) is 60.4. The second-order valence-corrected chi connectivity index (χ2v) is 22.0. The van der Waals surface area contributed by atoms with Crippen LogP contribution in [0.4, 0.5) is 0 Å². The monoisotopic (exact) mass is 1020 g/mol. The SMILES string of the molecule is CCCCCCCC/C=C\CCCCCCCCCCCCCC(=O)OC[C@H](COC(=O)CCCCCCCCC/C=C\CCCCCCCC)OC(=O)CCCCCCCCC/C=C\CCCCCCCC. The van der Waals surface area contributed by atoms with Gasteiger partial charge in [0.05, 0.1) is 0 Å². The number of esters is 3. The Balaban J connectivity index is 4.33. The van der Waals surface area contributed by atoms with E-state index in [1.54, 1.807) is 0 Å². The summed E-state index contributed by atoms with van der Waals surface area (Å²) in [5.41, 5.74) is 0. The summed E-state index contributed by atoms with van der Waals surface area (Å²) in [7, 11) is 0. The molecule has 0 aromatic heterocycles. The molecule has 0 aliphatic carbocycles. The lowest BCUT2D eigenvalue weighted by Crippen LogP contribution is -2.30. The average Bonchev–Trinajstić information content (AvgIpc) is 3.39. The molecular weight excluding hydrogens is 901 g/mol. The van der Waals surface area contributed by atoms with Crippen LogP contribution < -0.4 is 0 Å². The summed E-state index contributed by atoms with van der Waals surface area (Å²) in [6.07, 6.45) is 75.7. The average molecular weight is 1030 g/mol. The Labute approximate surface area is 455 Å². The van der Waals surface area contributed by atoms with E-state index in [2.05, 4.69) is 57.2 Å². The third-order valence-corrected chi connectivity index (χ3v) is 14.6. The number of carbonyl (C=O) groups is 3. The molecule has 73 heavy (non-hydrogen) atoms. The van der Waals surface area contributed by atoms with Gasteiger partial charge in [-0.15, -0.1) is 0 Å². The summed E-state index contributed by atoms with van der Waals surface area (Å²) in [5.74, 6) is -0.859. The molecule has 428 valence electrons. The number of unbranched alkanes of at least 4 members (excludes halogenated alkanes) is 43. The van der Waals surface area contributed by atoms with E-state index in [4.69, 9.17) is 14.2 Å². The van der Waals surface area contributed by atoms with Crippen LogP contribution in [0.3, 0.4) is 0 Å². The van der Waals surface area contributed by atoms with Gasteiger partial charge in [-0.05, 0) is 96.3 Å². The maximum Gasteiger partial charge on any atom is 0.306 e. The minimum absolute atomic E-state index is 0.0725. The first-order chi connectivity index (χ1) is 36.0. The molecule has 0 rings (SSSR count). The first kappa shape index (κ1) is 70.6. The summed E-state index contributed by atoms with van der Waals surface area (Å²) in [4.78, 5) is 38.3. The largest absolute Gasteiger partial charge is 0.462 e. The Bertz CT molecular complexity index is 1220. The minimum Gasteiger partial charge on any atom is -0.462 e. The maximum absolute atomic E-state index is 12.9. The van der Waals surface area contributed by atoms with Crippen molar-refractivity contribution in [3.05, 3.63) is 36.5 Å². The Morgan fingerprint density at radius 2 is 0.452 bits per heavy atom. The van der Waals surface area contributed by atoms with Crippen LogP contribution in [0.25, 0.3) is 0 Å². The standard InChI is InChI=1S/C67H124O6/c1-4-7-10-13-16-19-22-25-28-31-32-33-34-37-39-42-45-48-51-54-57-60-66(69)72-63-64(73-67(70)61-58-55-52-49-46-43-40-36-30-27-24-21-18-15-12-9-6-3)62-71-65(68)59-56-53-50-47-44-41-38-35-29-26-23-20-17-14-11-8-5-2/h25-30,64H,4-24,31-63H2,1-3H3/b28-25-,29-26-,30-27-/t64-/m0/s1. The second-order valence-electron chi connectivity index (χ2n) is 22.0. The Morgan fingerprint density at radius 3 is 0.685 bits per heavy atom. The summed E-state index contributed by atoms with van der Waals surface area (Å²) in [5, 5.41) is 0. The van der Waals surface area contributed by atoms with Crippen molar-refractivity contribution in [1.29, 1.82) is 0 Å². The van der Waals surface area contributed by atoms with Gasteiger partial charge in [-0.1, -0.05) is 276 Å². The van der Waals surface area contributed by atoms with Gasteiger partial charge < -0.3 is 14.2 Å². The van der Waals surface area contributed by atoms with Crippen LogP contribution in [0, 0.1) is 0 Å². The van der Waals surface area contributed by atoms with E-state index in [1.165, 1.54) is 257 Å². The molecule has 0 heterocycles. The molecule has 0 fully saturated rings. The highest BCUT2D eigenvalue weighted by Crippen LogP contribution is 2.17. The first-order valence-electron chi connectivity index (χ1n) is 32.5. The van der Waals surface area contributed by atoms with Gasteiger partial charge in [0.15, 0.2) is 6.10 Å². The summed E-state index contributed by atoms with van der Waals surface area (Å²) >= 11 is 0. The van der Waals surface area contributed by atoms with E-state index in [0.717, 1.165) is 57.8 Å². The summed E-state index contributed by atoms with van der Waals surface area (Å²) in [6, 6.07) is 0. The van der Waals surface area contributed by atoms with Gasteiger partial charge >= 0.3 is 17.9 Å². The fraction of sp³-hybridized carbons (Fsp3) is 0.866. The van der Waals surface area contributed by atoms with Crippen LogP contribution >= 0.6 is 0 Å². The number of carbonyl (C=O) groups excluding carboxylic acids is 3. The highest BCUT2D eigenvalue weighted by molar-refractivity contribution is 5.71. The third-order valence-electron chi connectivity index (χ3n) is 14.6. The maximum atomic E-state index is 12.9. The Morgan fingerprint density at radius 1 is 0.260 bits per heavy atom. The van der Waals surface area contributed by atoms with Crippen molar-refractivity contribution in [3.63, 3.8) is 0 Å². The molecule has 0 saturated heterocycles. The lowest BCUT2D eigenvalue weighted by atomic mass is 10.0. The molecule has 6 nitrogen and oxygen atoms in total. The Hall–Kier alpha value is -2.37. The zero-order chi connectivity index (χ0) is 52.9. The van der Waals surface area contributed by atoms with Gasteiger partial charge in [0, 0.05) is 19.3 Å². The fourth-order valence-corrected chi connectivity index (χ4v) is 9.67. The smallest absolute Gasteiger partial charge is 0.306 e. The summed E-state index contributed by atoms with van der Waals surface area (Å²) < 4.78 is 17.0. The lowest BCUT2D eigenvalue weighted by molar-refractivity contribution is -0.167. The topological polar surface area (TPSA) is 78.9 Å². The molecule has 0 bridgehead atoms. The van der Waals surface area contributed by atoms with E-state index >= 15 is 0 Å². The molecule has 0 unspecified atom stereocenters. The number of hydrogen-bond donors (Lipinski definition) is 0. The summed E-state index contributed by atoms with van der Waals surface area (Å²) in [6.45, 7) is 6.68. The normalized spacial score (nSPS) is 12.2. The molecule has 1 atom stereocenters. The Kier molecular flexibility index (Phi) is 60.2. The molecule has 0 aliphatic rings. The molecule has 0 saturated carbocycles. The zero-order valence-corrected chi connectivity index (χ0v) is 49.2. The molecule has 0 spiro atoms. The molecule has 0 radical (unpaired) electrons. The first-order valence-corrected chi connectivity index (χ1v) is 32.5. The van der Waals surface area contributed by atoms with E-state index in [-0.39, 0.29) is 31.1 Å². The zero-order valence-electron chi connectivity index (χ0n) is 49.2. The molecule has 0 amide bonds. The highest BCUT2D eigenvalue weighted by Gasteiger charge is 2.19. The van der Waals surface area contributed by atoms with Gasteiger partial charge in [0.1, 0.15) is 13.2 Å². The van der Waals surface area contributed by atoms with Crippen LogP contribution in [0.15, 0.2) is 36.5 Å². The van der Waals surface area contributed by atoms with Gasteiger partial charge in [-0.2, -0.15) is 0 Å². The van der Waals surface area contributed by atoms with Crippen LogP contribution in [0.1, 0.15) is 355 Å². The second kappa shape index (κ2) is 62.2. The molecule has 0 aromatic rings. The van der Waals surface area contributed by atoms with Gasteiger partial charge in [-0.25, -0.2) is 0 Å². The van der Waals surface area contributed by atoms with Crippen molar-refractivity contribution in [3.8, 4) is 0 Å². The minimum atomic E-state index is -0.776. The number of ether oxygens (including phenoxy) is 3. The fourth-order valence-electron chi connectivity index (χ4n) is 9.67. The van der Waals surface area contributed by atoms with Crippen molar-refractivity contribution in [2.45, 2.75) is 361 Å². The van der Waals surface area contributed by atoms with Gasteiger partial charge in [0.25, 0.3) is 0 Å². The van der Waals surface area contributed by atoms with Crippen LogP contribution in [-0.4, -0.2) is 37.2 Å². The van der Waals surface area contributed by atoms with E-state index in [0.29, 0.717) is 19.3 Å². The van der Waals surface area contributed by atoms with E-state index in [9.17, 15) is 14.4 Å². The van der Waals surface area contributed by atoms with E-state index < -0.39 is 6.10 Å². The molecular formula is C67H124O6. The molecule has 0 aromatic carbocycles. The van der Waals surface area contributed by atoms with Gasteiger partial charge in [0.2, 0.25) is 0 Å². The van der Waals surface area contributed by atoms with Crippen molar-refractivity contribution in [2.75, 3.05) is 13.2 Å². The van der Waals surface area contributed by atoms with Crippen molar-refractivity contribution in [2.24, 2.45) is 0 Å². The van der Waals surface area contributed by atoms with Crippen LogP contribution in [-0.2, 0) is 28.6 Å². The molecule has 0 N–H and O–H groups in total. The predicted octanol–water partition coefficient (Wildman–Crippen LogP) is 22.0. The quantitative estimate of drug-likeness (QED) is 0.0261.